The minimum Gasteiger partial charge on any atom is -0.497 e. The summed E-state index contributed by atoms with van der Waals surface area (Å²) in [6.45, 7) is 0.553. The van der Waals surface area contributed by atoms with Gasteiger partial charge in [0, 0.05) is 17.5 Å². The first-order chi connectivity index (χ1) is 18.1. The Labute approximate surface area is 223 Å². The van der Waals surface area contributed by atoms with Crippen molar-refractivity contribution in [3.63, 3.8) is 0 Å². The molecule has 2 heterocycles. The summed E-state index contributed by atoms with van der Waals surface area (Å²) in [7, 11) is 1.63. The van der Waals surface area contributed by atoms with Crippen LogP contribution in [-0.4, -0.2) is 34.9 Å². The average molecular weight is 528 g/mol. The van der Waals surface area contributed by atoms with Crippen LogP contribution in [0.25, 0.3) is 27.0 Å². The molecular formula is C29H25N3O3S2. The molecule has 0 atom stereocenters. The lowest BCUT2D eigenvalue weighted by Crippen LogP contribution is -2.28. The summed E-state index contributed by atoms with van der Waals surface area (Å²) >= 11 is 2.69. The lowest BCUT2D eigenvalue weighted by atomic mass is 10.1. The molecule has 37 heavy (non-hydrogen) atoms. The Morgan fingerprint density at radius 3 is 2.41 bits per heavy atom. The van der Waals surface area contributed by atoms with Crippen LogP contribution in [0, 0.1) is 0 Å². The molecule has 0 saturated carbocycles. The first-order valence-corrected chi connectivity index (χ1v) is 13.7. The van der Waals surface area contributed by atoms with E-state index in [1.54, 1.807) is 11.7 Å². The number of hydrogen-bond acceptors (Lipinski definition) is 6. The highest BCUT2D eigenvalue weighted by Crippen LogP contribution is 2.33. The lowest BCUT2D eigenvalue weighted by Gasteiger charge is -2.13. The van der Waals surface area contributed by atoms with Crippen LogP contribution >= 0.6 is 23.1 Å². The van der Waals surface area contributed by atoms with Crippen molar-refractivity contribution in [3.8, 4) is 22.6 Å². The van der Waals surface area contributed by atoms with Crippen molar-refractivity contribution in [2.75, 3.05) is 19.4 Å². The fourth-order valence-electron chi connectivity index (χ4n) is 4.03. The number of carbonyl (C=O) groups is 1. The summed E-state index contributed by atoms with van der Waals surface area (Å²) in [6, 6.07) is 27.1. The van der Waals surface area contributed by atoms with Gasteiger partial charge in [0.2, 0.25) is 5.91 Å². The molecule has 0 saturated heterocycles. The van der Waals surface area contributed by atoms with Gasteiger partial charge in [0.05, 0.1) is 23.9 Å². The summed E-state index contributed by atoms with van der Waals surface area (Å²) in [4.78, 5) is 32.0. The second kappa shape index (κ2) is 11.5. The summed E-state index contributed by atoms with van der Waals surface area (Å²) in [5, 5.41) is 5.98. The second-order valence-electron chi connectivity index (χ2n) is 8.30. The van der Waals surface area contributed by atoms with E-state index in [1.165, 1.54) is 28.7 Å². The summed E-state index contributed by atoms with van der Waals surface area (Å²) in [5.41, 5.74) is 3.48. The molecule has 2 aromatic heterocycles. The van der Waals surface area contributed by atoms with E-state index in [0.717, 1.165) is 23.3 Å². The van der Waals surface area contributed by atoms with Gasteiger partial charge in [-0.1, -0.05) is 72.4 Å². The van der Waals surface area contributed by atoms with Crippen LogP contribution in [0.4, 0.5) is 0 Å². The van der Waals surface area contributed by atoms with Crippen LogP contribution in [0.2, 0.25) is 0 Å². The third-order valence-corrected chi connectivity index (χ3v) is 7.71. The van der Waals surface area contributed by atoms with Gasteiger partial charge in [-0.05, 0) is 41.8 Å². The van der Waals surface area contributed by atoms with Gasteiger partial charge in [0.1, 0.15) is 10.6 Å². The van der Waals surface area contributed by atoms with Crippen LogP contribution in [0.3, 0.4) is 0 Å². The number of fused-ring (bicyclic) bond motifs is 1. The van der Waals surface area contributed by atoms with Crippen molar-refractivity contribution in [3.05, 3.63) is 106 Å². The van der Waals surface area contributed by atoms with Crippen molar-refractivity contribution < 1.29 is 9.53 Å². The third-order valence-electron chi connectivity index (χ3n) is 5.90. The van der Waals surface area contributed by atoms with Crippen LogP contribution < -0.4 is 15.6 Å². The van der Waals surface area contributed by atoms with Crippen molar-refractivity contribution in [2.45, 2.75) is 11.6 Å². The summed E-state index contributed by atoms with van der Waals surface area (Å²) < 4.78 is 6.87. The number of benzene rings is 3. The van der Waals surface area contributed by atoms with E-state index in [4.69, 9.17) is 9.72 Å². The standard InChI is InChI=1S/C29H25N3O3S2/c1-35-23-14-12-21(13-15-23)24-18-36-27-26(24)28(34)32(22-10-6-3-7-11-22)29(31-27)37-19-25(33)30-17-16-20-8-4-2-5-9-20/h2-15,18H,16-17,19H2,1H3,(H,30,33). The number of para-hydroxylation sites is 1. The van der Waals surface area contributed by atoms with Crippen molar-refractivity contribution in [2.24, 2.45) is 0 Å². The molecule has 0 radical (unpaired) electrons. The highest BCUT2D eigenvalue weighted by Gasteiger charge is 2.19. The quantitative estimate of drug-likeness (QED) is 0.200. The van der Waals surface area contributed by atoms with Crippen molar-refractivity contribution in [1.82, 2.24) is 14.9 Å². The molecule has 1 amide bonds. The number of carbonyl (C=O) groups excluding carboxylic acids is 1. The smallest absolute Gasteiger partial charge is 0.268 e. The maximum absolute atomic E-state index is 13.9. The Balaban J connectivity index is 1.43. The zero-order chi connectivity index (χ0) is 25.6. The van der Waals surface area contributed by atoms with Gasteiger partial charge >= 0.3 is 0 Å². The number of hydrogen-bond donors (Lipinski definition) is 1. The average Bonchev–Trinajstić information content (AvgIpc) is 3.37. The fraction of sp³-hybridized carbons (Fsp3) is 0.138. The number of nitrogens with one attached hydrogen (secondary N) is 1. The maximum Gasteiger partial charge on any atom is 0.268 e. The summed E-state index contributed by atoms with van der Waals surface area (Å²) in [6.07, 6.45) is 0.763. The number of thiophene rings is 1. The fourth-order valence-corrected chi connectivity index (χ4v) is 5.86. The molecule has 0 aliphatic carbocycles. The Kier molecular flexibility index (Phi) is 7.67. The molecule has 186 valence electrons. The predicted molar refractivity (Wildman–Crippen MR) is 151 cm³/mol. The molecule has 5 rings (SSSR count). The van der Waals surface area contributed by atoms with E-state index in [9.17, 15) is 9.59 Å². The molecule has 0 aliphatic heterocycles. The van der Waals surface area contributed by atoms with E-state index in [-0.39, 0.29) is 17.2 Å². The molecule has 1 N–H and O–H groups in total. The van der Waals surface area contributed by atoms with Crippen LogP contribution in [0.15, 0.2) is 100 Å². The van der Waals surface area contributed by atoms with Crippen molar-refractivity contribution in [1.29, 1.82) is 0 Å². The van der Waals surface area contributed by atoms with E-state index < -0.39 is 0 Å². The number of thioether (sulfide) groups is 1. The highest BCUT2D eigenvalue weighted by atomic mass is 32.2. The Hall–Kier alpha value is -3.88. The Bertz CT molecular complexity index is 1560. The zero-order valence-corrected chi connectivity index (χ0v) is 21.9. The molecule has 0 fully saturated rings. The van der Waals surface area contributed by atoms with Gasteiger partial charge in [-0.3, -0.25) is 14.2 Å². The van der Waals surface area contributed by atoms with Crippen LogP contribution in [0.5, 0.6) is 5.75 Å². The van der Waals surface area contributed by atoms with E-state index >= 15 is 0 Å². The van der Waals surface area contributed by atoms with Crippen molar-refractivity contribution >= 4 is 39.2 Å². The van der Waals surface area contributed by atoms with E-state index in [1.807, 2.05) is 90.3 Å². The first kappa shape index (κ1) is 24.8. The molecule has 0 unspecified atom stereocenters. The third kappa shape index (κ3) is 5.60. The molecule has 5 aromatic rings. The van der Waals surface area contributed by atoms with Gasteiger partial charge in [-0.2, -0.15) is 0 Å². The lowest BCUT2D eigenvalue weighted by molar-refractivity contribution is -0.118. The Morgan fingerprint density at radius 2 is 1.70 bits per heavy atom. The van der Waals surface area contributed by atoms with Gasteiger partial charge in [-0.15, -0.1) is 11.3 Å². The second-order valence-corrected chi connectivity index (χ2v) is 10.1. The molecule has 6 nitrogen and oxygen atoms in total. The molecule has 0 bridgehead atoms. The SMILES string of the molecule is COc1ccc(-c2csc3nc(SCC(=O)NCCc4ccccc4)n(-c4ccccc4)c(=O)c23)cc1. The zero-order valence-electron chi connectivity index (χ0n) is 20.2. The van der Waals surface area contributed by atoms with Gasteiger partial charge in [0.25, 0.3) is 5.56 Å². The number of amides is 1. The monoisotopic (exact) mass is 527 g/mol. The van der Waals surface area contributed by atoms with Crippen LogP contribution in [0.1, 0.15) is 5.56 Å². The maximum atomic E-state index is 13.9. The minimum atomic E-state index is -0.157. The minimum absolute atomic E-state index is 0.0972. The number of nitrogens with zero attached hydrogens (tertiary/aromatic N) is 2. The van der Waals surface area contributed by atoms with Gasteiger partial charge in [0.15, 0.2) is 5.16 Å². The molecule has 0 aliphatic rings. The van der Waals surface area contributed by atoms with Gasteiger partial charge < -0.3 is 10.1 Å². The topological polar surface area (TPSA) is 73.2 Å². The molecule has 0 spiro atoms. The van der Waals surface area contributed by atoms with E-state index in [2.05, 4.69) is 5.32 Å². The number of aromatic nitrogens is 2. The normalized spacial score (nSPS) is 10.9. The molecular weight excluding hydrogens is 502 g/mol. The van der Waals surface area contributed by atoms with Crippen LogP contribution in [-0.2, 0) is 11.2 Å². The Morgan fingerprint density at radius 1 is 1.00 bits per heavy atom. The first-order valence-electron chi connectivity index (χ1n) is 11.8. The highest BCUT2D eigenvalue weighted by molar-refractivity contribution is 7.99. The summed E-state index contributed by atoms with van der Waals surface area (Å²) in [5.74, 6) is 0.819. The molecule has 8 heteroatoms. The van der Waals surface area contributed by atoms with Gasteiger partial charge in [-0.25, -0.2) is 4.98 Å². The largest absolute Gasteiger partial charge is 0.497 e. The number of ether oxygens (including phenoxy) is 1. The number of methoxy groups -OCH3 is 1. The van der Waals surface area contributed by atoms with E-state index in [0.29, 0.717) is 27.6 Å². The molecule has 3 aromatic carbocycles. The predicted octanol–water partition coefficient (Wildman–Crippen LogP) is 5.57. The number of rotatable bonds is 9.